The number of benzene rings is 1. The van der Waals surface area contributed by atoms with Gasteiger partial charge in [-0.05, 0) is 44.1 Å². The molecule has 0 amide bonds. The molecule has 2 N–H and O–H groups in total. The minimum atomic E-state index is 0.170. The molecule has 2 fully saturated rings. The molecular weight excluding hydrogens is 262 g/mol. The second-order valence-corrected chi connectivity index (χ2v) is 6.94. The molecule has 1 aliphatic heterocycles. The number of ether oxygens (including phenoxy) is 1. The van der Waals surface area contributed by atoms with E-state index in [4.69, 9.17) is 4.74 Å². The summed E-state index contributed by atoms with van der Waals surface area (Å²) in [6.45, 7) is 5.06. The molecule has 0 spiro atoms. The van der Waals surface area contributed by atoms with Crippen molar-refractivity contribution in [2.45, 2.75) is 44.6 Å². The van der Waals surface area contributed by atoms with Gasteiger partial charge in [-0.15, -0.1) is 0 Å². The Morgan fingerprint density at radius 3 is 2.90 bits per heavy atom. The molecule has 0 bridgehead atoms. The molecule has 2 aliphatic rings. The highest BCUT2D eigenvalue weighted by molar-refractivity contribution is 5.27. The van der Waals surface area contributed by atoms with Gasteiger partial charge in [-0.2, -0.15) is 0 Å². The van der Waals surface area contributed by atoms with E-state index in [0.29, 0.717) is 6.04 Å². The maximum atomic E-state index is 9.26. The van der Waals surface area contributed by atoms with Crippen molar-refractivity contribution in [3.8, 4) is 0 Å². The van der Waals surface area contributed by atoms with Gasteiger partial charge in [0.2, 0.25) is 0 Å². The standard InChI is InChI=1S/C18H27NO2/c1-14-3-2-4-15(9-14)16-10-17(11-16)19-12-18(5-7-20)6-8-21-13-18/h2-4,9,16-17,19-20H,5-8,10-13H2,1H3/t16?,17?,18-/m0/s1. The maximum absolute atomic E-state index is 9.26. The highest BCUT2D eigenvalue weighted by Gasteiger charge is 2.37. The lowest BCUT2D eigenvalue weighted by Gasteiger charge is -2.39. The van der Waals surface area contributed by atoms with Crippen LogP contribution < -0.4 is 5.32 Å². The van der Waals surface area contributed by atoms with E-state index in [2.05, 4.69) is 36.5 Å². The molecule has 0 radical (unpaired) electrons. The van der Waals surface area contributed by atoms with Crippen molar-refractivity contribution < 1.29 is 9.84 Å². The normalized spacial score (nSPS) is 32.1. The second kappa shape index (κ2) is 6.47. The van der Waals surface area contributed by atoms with Gasteiger partial charge in [0.05, 0.1) is 6.61 Å². The van der Waals surface area contributed by atoms with E-state index in [1.54, 1.807) is 0 Å². The Bertz CT molecular complexity index is 462. The van der Waals surface area contributed by atoms with E-state index in [1.165, 1.54) is 24.0 Å². The third-order valence-corrected chi connectivity index (χ3v) is 5.24. The fourth-order valence-corrected chi connectivity index (χ4v) is 3.65. The Morgan fingerprint density at radius 2 is 2.24 bits per heavy atom. The summed E-state index contributed by atoms with van der Waals surface area (Å²) >= 11 is 0. The molecule has 0 unspecified atom stereocenters. The lowest BCUT2D eigenvalue weighted by molar-refractivity contribution is 0.116. The summed E-state index contributed by atoms with van der Waals surface area (Å²) in [4.78, 5) is 0. The first-order valence-corrected chi connectivity index (χ1v) is 8.19. The predicted octanol–water partition coefficient (Wildman–Crippen LogP) is 2.62. The molecule has 1 saturated carbocycles. The summed E-state index contributed by atoms with van der Waals surface area (Å²) in [6, 6.07) is 9.53. The Hall–Kier alpha value is -0.900. The first-order valence-electron chi connectivity index (χ1n) is 8.19. The Morgan fingerprint density at radius 1 is 1.38 bits per heavy atom. The first kappa shape index (κ1) is 15.0. The Balaban J connectivity index is 1.46. The number of aryl methyl sites for hydroxylation is 1. The number of hydrogen-bond donors (Lipinski definition) is 2. The zero-order chi connectivity index (χ0) is 14.7. The SMILES string of the molecule is Cc1cccc(C2CC(NC[C@]3(CCO)CCOC3)C2)c1. The molecule has 1 saturated heterocycles. The van der Waals surface area contributed by atoms with E-state index >= 15 is 0 Å². The van der Waals surface area contributed by atoms with Gasteiger partial charge in [0.25, 0.3) is 0 Å². The summed E-state index contributed by atoms with van der Waals surface area (Å²) in [5.74, 6) is 0.719. The molecule has 21 heavy (non-hydrogen) atoms. The minimum absolute atomic E-state index is 0.170. The fraction of sp³-hybridized carbons (Fsp3) is 0.667. The van der Waals surface area contributed by atoms with Gasteiger partial charge in [0.15, 0.2) is 0 Å². The van der Waals surface area contributed by atoms with E-state index in [0.717, 1.165) is 38.5 Å². The molecule has 1 atom stereocenters. The van der Waals surface area contributed by atoms with Crippen molar-refractivity contribution in [2.75, 3.05) is 26.4 Å². The van der Waals surface area contributed by atoms with Crippen LogP contribution in [0.2, 0.25) is 0 Å². The lowest BCUT2D eigenvalue weighted by atomic mass is 9.74. The van der Waals surface area contributed by atoms with Gasteiger partial charge in [-0.25, -0.2) is 0 Å². The summed E-state index contributed by atoms with van der Waals surface area (Å²) in [6.07, 6.45) is 4.40. The van der Waals surface area contributed by atoms with Crippen molar-refractivity contribution in [3.63, 3.8) is 0 Å². The maximum Gasteiger partial charge on any atom is 0.0536 e. The van der Waals surface area contributed by atoms with Crippen LogP contribution in [-0.4, -0.2) is 37.5 Å². The van der Waals surface area contributed by atoms with Gasteiger partial charge in [-0.3, -0.25) is 0 Å². The van der Waals surface area contributed by atoms with Gasteiger partial charge >= 0.3 is 0 Å². The largest absolute Gasteiger partial charge is 0.396 e. The van der Waals surface area contributed by atoms with Crippen LogP contribution in [0.15, 0.2) is 24.3 Å². The van der Waals surface area contributed by atoms with Crippen LogP contribution in [0.5, 0.6) is 0 Å². The molecule has 1 heterocycles. The van der Waals surface area contributed by atoms with Crippen LogP contribution in [0, 0.1) is 12.3 Å². The zero-order valence-electron chi connectivity index (χ0n) is 13.0. The highest BCUT2D eigenvalue weighted by Crippen LogP contribution is 2.38. The highest BCUT2D eigenvalue weighted by atomic mass is 16.5. The molecule has 1 aromatic rings. The molecule has 116 valence electrons. The predicted molar refractivity (Wildman–Crippen MR) is 84.5 cm³/mol. The Labute approximate surface area is 127 Å². The van der Waals surface area contributed by atoms with E-state index in [1.807, 2.05) is 0 Å². The van der Waals surface area contributed by atoms with E-state index in [-0.39, 0.29) is 12.0 Å². The summed E-state index contributed by atoms with van der Waals surface area (Å²) < 4.78 is 5.55. The average molecular weight is 289 g/mol. The van der Waals surface area contributed by atoms with Gasteiger partial charge in [0, 0.05) is 31.2 Å². The number of aliphatic hydroxyl groups is 1. The van der Waals surface area contributed by atoms with Crippen LogP contribution in [0.25, 0.3) is 0 Å². The van der Waals surface area contributed by atoms with Gasteiger partial charge in [-0.1, -0.05) is 29.8 Å². The van der Waals surface area contributed by atoms with Crippen LogP contribution in [0.3, 0.4) is 0 Å². The fourth-order valence-electron chi connectivity index (χ4n) is 3.65. The van der Waals surface area contributed by atoms with E-state index in [9.17, 15) is 5.11 Å². The van der Waals surface area contributed by atoms with Gasteiger partial charge < -0.3 is 15.2 Å². The van der Waals surface area contributed by atoms with E-state index < -0.39 is 0 Å². The minimum Gasteiger partial charge on any atom is -0.396 e. The van der Waals surface area contributed by atoms with Crippen LogP contribution in [0.4, 0.5) is 0 Å². The monoisotopic (exact) mass is 289 g/mol. The molecule has 0 aromatic heterocycles. The summed E-state index contributed by atoms with van der Waals surface area (Å²) in [7, 11) is 0. The topological polar surface area (TPSA) is 41.5 Å². The number of hydrogen-bond acceptors (Lipinski definition) is 3. The second-order valence-electron chi connectivity index (χ2n) is 6.94. The van der Waals surface area contributed by atoms with Crippen molar-refractivity contribution >= 4 is 0 Å². The van der Waals surface area contributed by atoms with Crippen molar-refractivity contribution in [1.29, 1.82) is 0 Å². The van der Waals surface area contributed by atoms with Gasteiger partial charge in [0.1, 0.15) is 0 Å². The molecule has 3 nitrogen and oxygen atoms in total. The summed E-state index contributed by atoms with van der Waals surface area (Å²) in [5, 5.41) is 13.0. The van der Waals surface area contributed by atoms with Crippen LogP contribution in [-0.2, 0) is 4.74 Å². The number of nitrogens with one attached hydrogen (secondary N) is 1. The molecule has 3 heteroatoms. The third kappa shape index (κ3) is 3.47. The lowest BCUT2D eigenvalue weighted by Crippen LogP contribution is -2.46. The Kier molecular flexibility index (Phi) is 4.63. The van der Waals surface area contributed by atoms with Crippen molar-refractivity contribution in [1.82, 2.24) is 5.32 Å². The van der Waals surface area contributed by atoms with Crippen LogP contribution in [0.1, 0.15) is 42.7 Å². The molecular formula is C18H27NO2. The molecule has 1 aliphatic carbocycles. The van der Waals surface area contributed by atoms with Crippen LogP contribution >= 0.6 is 0 Å². The molecule has 1 aromatic carbocycles. The first-order chi connectivity index (χ1) is 10.2. The smallest absolute Gasteiger partial charge is 0.0536 e. The van der Waals surface area contributed by atoms with Crippen molar-refractivity contribution in [3.05, 3.63) is 35.4 Å². The number of rotatable bonds is 6. The quantitative estimate of drug-likeness (QED) is 0.846. The van der Waals surface area contributed by atoms with Crippen molar-refractivity contribution in [2.24, 2.45) is 5.41 Å². The summed E-state index contributed by atoms with van der Waals surface area (Å²) in [5.41, 5.74) is 3.01. The number of aliphatic hydroxyl groups excluding tert-OH is 1. The third-order valence-electron chi connectivity index (χ3n) is 5.24. The molecule has 3 rings (SSSR count). The average Bonchev–Trinajstić information content (AvgIpc) is 2.86. The zero-order valence-corrected chi connectivity index (χ0v) is 13.0.